The molecule has 0 spiro atoms. The smallest absolute Gasteiger partial charge is 0.269 e. The van der Waals surface area contributed by atoms with Gasteiger partial charge in [-0.3, -0.25) is 15.1 Å². The number of nitrogens with zero attached hydrogens (tertiary/aromatic N) is 2. The van der Waals surface area contributed by atoms with Gasteiger partial charge in [-0.05, 0) is 25.3 Å². The lowest BCUT2D eigenvalue weighted by molar-refractivity contribution is 0.103. The lowest BCUT2D eigenvalue weighted by Gasteiger charge is -2.00. The number of nitrogens with one attached hydrogen (secondary N) is 1. The number of hydrogen-bond acceptors (Lipinski definition) is 6. The molecule has 0 saturated carbocycles. The maximum Gasteiger partial charge on any atom is 0.269 e. The summed E-state index contributed by atoms with van der Waals surface area (Å²) in [5.41, 5.74) is 7.71. The van der Waals surface area contributed by atoms with Crippen molar-refractivity contribution in [1.29, 1.82) is 0 Å². The molecule has 106 valence electrons. The van der Waals surface area contributed by atoms with Crippen LogP contribution in [0, 0.1) is 0 Å². The van der Waals surface area contributed by atoms with Gasteiger partial charge in [0.2, 0.25) is 0 Å². The molecule has 0 atom stereocenters. The summed E-state index contributed by atoms with van der Waals surface area (Å²) in [6.45, 7) is 0. The number of aryl methyl sites for hydroxylation is 2. The van der Waals surface area contributed by atoms with Gasteiger partial charge in [-0.25, -0.2) is 4.98 Å². The summed E-state index contributed by atoms with van der Waals surface area (Å²) < 4.78 is 0.918. The fraction of sp³-hybridized carbons (Fsp3) is 0.214. The molecule has 0 saturated heterocycles. The summed E-state index contributed by atoms with van der Waals surface area (Å²) in [7, 11) is 0. The van der Waals surface area contributed by atoms with Crippen LogP contribution in [0.1, 0.15) is 26.7 Å². The minimum Gasteiger partial charge on any atom is -0.397 e. The highest BCUT2D eigenvalue weighted by molar-refractivity contribution is 7.21. The van der Waals surface area contributed by atoms with Crippen molar-refractivity contribution in [1.82, 2.24) is 9.97 Å². The molecule has 0 bridgehead atoms. The number of thiophene rings is 1. The molecule has 4 rings (SSSR count). The van der Waals surface area contributed by atoms with Crippen LogP contribution in [-0.4, -0.2) is 15.9 Å². The van der Waals surface area contributed by atoms with Gasteiger partial charge in [0.1, 0.15) is 4.88 Å². The normalized spacial score (nSPS) is 13.5. The Morgan fingerprint density at radius 3 is 3.05 bits per heavy atom. The average Bonchev–Trinajstić information content (AvgIpc) is 3.13. The van der Waals surface area contributed by atoms with Crippen molar-refractivity contribution in [2.75, 3.05) is 11.1 Å². The summed E-state index contributed by atoms with van der Waals surface area (Å²) in [6.07, 6.45) is 6.65. The van der Waals surface area contributed by atoms with Crippen LogP contribution in [0.15, 0.2) is 18.5 Å². The number of nitrogens with two attached hydrogens (primary N) is 1. The van der Waals surface area contributed by atoms with Crippen LogP contribution in [0.4, 0.5) is 10.8 Å². The minimum absolute atomic E-state index is 0.193. The summed E-state index contributed by atoms with van der Waals surface area (Å²) in [5, 5.41) is 4.41. The number of thiazole rings is 1. The van der Waals surface area contributed by atoms with Crippen molar-refractivity contribution in [2.24, 2.45) is 0 Å². The molecule has 7 heteroatoms. The zero-order chi connectivity index (χ0) is 14.4. The molecule has 21 heavy (non-hydrogen) atoms. The Bertz CT molecular complexity index is 830. The average molecular weight is 316 g/mol. The van der Waals surface area contributed by atoms with Gasteiger partial charge in [0.15, 0.2) is 5.13 Å². The van der Waals surface area contributed by atoms with E-state index in [1.165, 1.54) is 22.6 Å². The number of rotatable bonds is 2. The fourth-order valence-corrected chi connectivity index (χ4v) is 4.57. The monoisotopic (exact) mass is 316 g/mol. The molecule has 3 aromatic heterocycles. The lowest BCUT2D eigenvalue weighted by atomic mass is 10.2. The second-order valence-electron chi connectivity index (χ2n) is 4.91. The number of hydrogen-bond donors (Lipinski definition) is 2. The van der Waals surface area contributed by atoms with E-state index in [4.69, 9.17) is 5.73 Å². The molecular formula is C14H12N4OS2. The summed E-state index contributed by atoms with van der Waals surface area (Å²) in [5.74, 6) is -0.193. The molecule has 0 unspecified atom stereocenters. The second kappa shape index (κ2) is 4.78. The van der Waals surface area contributed by atoms with Crippen molar-refractivity contribution in [3.63, 3.8) is 0 Å². The standard InChI is InChI=1S/C14H12N4OS2/c15-11-7-4-5-16-6-10(7)20-12(11)13(19)18-14-17-8-2-1-3-9(8)21-14/h4-6H,1-3,15H2,(H,17,18,19). The number of anilines is 2. The summed E-state index contributed by atoms with van der Waals surface area (Å²) in [4.78, 5) is 22.7. The van der Waals surface area contributed by atoms with E-state index in [0.717, 1.165) is 28.6 Å². The van der Waals surface area contributed by atoms with Crippen molar-refractivity contribution in [3.05, 3.63) is 33.9 Å². The van der Waals surface area contributed by atoms with Crippen LogP contribution in [0.2, 0.25) is 0 Å². The number of carbonyl (C=O) groups excluding carboxylic acids is 1. The van der Waals surface area contributed by atoms with Crippen molar-refractivity contribution < 1.29 is 4.79 Å². The molecule has 5 nitrogen and oxygen atoms in total. The number of amides is 1. The van der Waals surface area contributed by atoms with Crippen LogP contribution < -0.4 is 11.1 Å². The van der Waals surface area contributed by atoms with Crippen LogP contribution in [-0.2, 0) is 12.8 Å². The summed E-state index contributed by atoms with van der Waals surface area (Å²) in [6, 6.07) is 1.83. The van der Waals surface area contributed by atoms with Gasteiger partial charge in [0, 0.05) is 22.7 Å². The first kappa shape index (κ1) is 12.7. The van der Waals surface area contributed by atoms with Crippen LogP contribution in [0.3, 0.4) is 0 Å². The molecule has 0 aliphatic heterocycles. The molecular weight excluding hydrogens is 304 g/mol. The number of nitrogen functional groups attached to an aromatic ring is 1. The molecule has 1 amide bonds. The van der Waals surface area contributed by atoms with Crippen LogP contribution in [0.25, 0.3) is 10.1 Å². The highest BCUT2D eigenvalue weighted by Gasteiger charge is 2.20. The van der Waals surface area contributed by atoms with E-state index >= 15 is 0 Å². The third-order valence-electron chi connectivity index (χ3n) is 3.55. The Balaban J connectivity index is 1.65. The molecule has 1 aliphatic rings. The highest BCUT2D eigenvalue weighted by Crippen LogP contribution is 2.35. The van der Waals surface area contributed by atoms with E-state index in [0.29, 0.717) is 15.7 Å². The maximum atomic E-state index is 12.4. The Labute approximate surface area is 128 Å². The highest BCUT2D eigenvalue weighted by atomic mass is 32.1. The van der Waals surface area contributed by atoms with E-state index in [9.17, 15) is 4.79 Å². The van der Waals surface area contributed by atoms with Crippen molar-refractivity contribution in [2.45, 2.75) is 19.3 Å². The van der Waals surface area contributed by atoms with Gasteiger partial charge in [0.25, 0.3) is 5.91 Å². The second-order valence-corrected chi connectivity index (χ2v) is 7.05. The minimum atomic E-state index is -0.193. The Kier molecular flexibility index (Phi) is 2.90. The Morgan fingerprint density at radius 2 is 2.24 bits per heavy atom. The van der Waals surface area contributed by atoms with Gasteiger partial charge in [-0.1, -0.05) is 0 Å². The SMILES string of the molecule is Nc1c(C(=O)Nc2nc3c(s2)CCC3)sc2cnccc12. The Morgan fingerprint density at radius 1 is 1.33 bits per heavy atom. The predicted molar refractivity (Wildman–Crippen MR) is 86.1 cm³/mol. The van der Waals surface area contributed by atoms with Gasteiger partial charge in [-0.15, -0.1) is 22.7 Å². The number of aromatic nitrogens is 2. The molecule has 1 aliphatic carbocycles. The first-order chi connectivity index (χ1) is 10.2. The van der Waals surface area contributed by atoms with E-state index in [1.54, 1.807) is 23.7 Å². The molecule has 0 aromatic carbocycles. The van der Waals surface area contributed by atoms with Crippen LogP contribution in [0.5, 0.6) is 0 Å². The van der Waals surface area contributed by atoms with Gasteiger partial charge >= 0.3 is 0 Å². The number of pyridine rings is 1. The van der Waals surface area contributed by atoms with Crippen molar-refractivity contribution in [3.8, 4) is 0 Å². The number of fused-ring (bicyclic) bond motifs is 2. The zero-order valence-electron chi connectivity index (χ0n) is 11.0. The summed E-state index contributed by atoms with van der Waals surface area (Å²) >= 11 is 2.93. The maximum absolute atomic E-state index is 12.4. The van der Waals surface area contributed by atoms with Gasteiger partial charge in [-0.2, -0.15) is 0 Å². The molecule has 0 radical (unpaired) electrons. The van der Waals surface area contributed by atoms with E-state index in [1.807, 2.05) is 6.07 Å². The van der Waals surface area contributed by atoms with Gasteiger partial charge < -0.3 is 5.73 Å². The molecule has 3 aromatic rings. The zero-order valence-corrected chi connectivity index (χ0v) is 12.7. The quantitative estimate of drug-likeness (QED) is 0.761. The number of carbonyl (C=O) groups is 1. The Hall–Kier alpha value is -1.99. The first-order valence-electron chi connectivity index (χ1n) is 6.64. The van der Waals surface area contributed by atoms with E-state index in [-0.39, 0.29) is 5.91 Å². The third-order valence-corrected chi connectivity index (χ3v) is 5.78. The van der Waals surface area contributed by atoms with Crippen LogP contribution >= 0.6 is 22.7 Å². The molecule has 3 N–H and O–H groups in total. The van der Waals surface area contributed by atoms with Gasteiger partial charge in [0.05, 0.1) is 16.1 Å². The fourth-order valence-electron chi connectivity index (χ4n) is 2.54. The molecule has 0 fully saturated rings. The predicted octanol–water partition coefficient (Wildman–Crippen LogP) is 3.08. The molecule has 3 heterocycles. The topological polar surface area (TPSA) is 80.9 Å². The largest absolute Gasteiger partial charge is 0.397 e. The third kappa shape index (κ3) is 2.09. The van der Waals surface area contributed by atoms with E-state index in [2.05, 4.69) is 15.3 Å². The van der Waals surface area contributed by atoms with E-state index < -0.39 is 0 Å². The lowest BCUT2D eigenvalue weighted by Crippen LogP contribution is -2.11. The first-order valence-corrected chi connectivity index (χ1v) is 8.27. The van der Waals surface area contributed by atoms with Crippen molar-refractivity contribution >= 4 is 49.5 Å².